The Morgan fingerprint density at radius 1 is 1.15 bits per heavy atom. The van der Waals surface area contributed by atoms with Gasteiger partial charge in [0.25, 0.3) is 0 Å². The molecule has 0 saturated carbocycles. The molecule has 1 aromatic rings. The molecule has 0 aromatic heterocycles. The van der Waals surface area contributed by atoms with E-state index in [9.17, 15) is 0 Å². The van der Waals surface area contributed by atoms with E-state index in [0.717, 1.165) is 5.56 Å². The lowest BCUT2D eigenvalue weighted by Gasteiger charge is -2.05. The first-order valence-corrected chi connectivity index (χ1v) is 4.26. The van der Waals surface area contributed by atoms with Gasteiger partial charge in [-0.05, 0) is 24.0 Å². The lowest BCUT2D eigenvalue weighted by atomic mass is 10.0. The van der Waals surface area contributed by atoms with E-state index in [-0.39, 0.29) is 7.43 Å². The molecule has 0 aliphatic rings. The molecule has 1 aromatic carbocycles. The van der Waals surface area contributed by atoms with Crippen molar-refractivity contribution in [1.82, 2.24) is 0 Å². The van der Waals surface area contributed by atoms with E-state index in [1.807, 2.05) is 19.1 Å². The summed E-state index contributed by atoms with van der Waals surface area (Å²) in [7, 11) is 0. The molecule has 0 aliphatic heterocycles. The van der Waals surface area contributed by atoms with Gasteiger partial charge >= 0.3 is 0 Å². The minimum absolute atomic E-state index is 0. The Kier molecular flexibility index (Phi) is 4.39. The third-order valence-corrected chi connectivity index (χ3v) is 2.01. The molecule has 0 unspecified atom stereocenters. The normalized spacial score (nSPS) is 9.54. The van der Waals surface area contributed by atoms with Crippen LogP contribution in [0.3, 0.4) is 0 Å². The fourth-order valence-electron chi connectivity index (χ4n) is 1.12. The zero-order valence-electron chi connectivity index (χ0n) is 7.89. The molecule has 0 radical (unpaired) electrons. The standard InChI is InChI=1S/C11H15N.CH4/c1-8(2)10-4-6-11(7-5-10)9(3)12;/h4-8,12H,1-3H3;1H4. The fourth-order valence-corrected chi connectivity index (χ4v) is 1.12. The lowest BCUT2D eigenvalue weighted by molar-refractivity contribution is 0.866. The quantitative estimate of drug-likeness (QED) is 0.664. The second-order valence-corrected chi connectivity index (χ2v) is 3.40. The van der Waals surface area contributed by atoms with Gasteiger partial charge in [0.2, 0.25) is 0 Å². The summed E-state index contributed by atoms with van der Waals surface area (Å²) < 4.78 is 0. The smallest absolute Gasteiger partial charge is 0.0355 e. The first-order chi connectivity index (χ1) is 5.61. The zero-order valence-corrected chi connectivity index (χ0v) is 7.89. The van der Waals surface area contributed by atoms with Gasteiger partial charge in [-0.25, -0.2) is 0 Å². The van der Waals surface area contributed by atoms with Crippen LogP contribution in [0.15, 0.2) is 24.3 Å². The van der Waals surface area contributed by atoms with Gasteiger partial charge in [-0.3, -0.25) is 0 Å². The van der Waals surface area contributed by atoms with Crippen LogP contribution < -0.4 is 0 Å². The molecule has 0 amide bonds. The van der Waals surface area contributed by atoms with E-state index in [2.05, 4.69) is 26.0 Å². The first kappa shape index (κ1) is 11.9. The van der Waals surface area contributed by atoms with Gasteiger partial charge in [-0.1, -0.05) is 45.5 Å². The molecule has 0 aliphatic carbocycles. The van der Waals surface area contributed by atoms with Crippen molar-refractivity contribution in [2.24, 2.45) is 0 Å². The van der Waals surface area contributed by atoms with Gasteiger partial charge < -0.3 is 5.41 Å². The molecule has 1 rings (SSSR count). The van der Waals surface area contributed by atoms with Crippen molar-refractivity contribution in [1.29, 1.82) is 5.41 Å². The molecule has 1 heteroatoms. The summed E-state index contributed by atoms with van der Waals surface area (Å²) in [6.07, 6.45) is 0. The Bertz CT molecular complexity index is 270. The molecule has 0 spiro atoms. The van der Waals surface area contributed by atoms with Gasteiger partial charge in [-0.2, -0.15) is 0 Å². The lowest BCUT2D eigenvalue weighted by Crippen LogP contribution is -1.93. The Balaban J connectivity index is 0.00000144. The summed E-state index contributed by atoms with van der Waals surface area (Å²) in [5.41, 5.74) is 2.98. The molecular weight excluding hydrogens is 158 g/mol. The molecule has 0 fully saturated rings. The largest absolute Gasteiger partial charge is 0.305 e. The molecular formula is C12H19N. The predicted octanol–water partition coefficient (Wildman–Crippen LogP) is 3.83. The van der Waals surface area contributed by atoms with Crippen LogP contribution in [0.4, 0.5) is 0 Å². The Morgan fingerprint density at radius 2 is 1.62 bits per heavy atom. The van der Waals surface area contributed by atoms with Gasteiger partial charge in [0.05, 0.1) is 0 Å². The summed E-state index contributed by atoms with van der Waals surface area (Å²) in [5, 5.41) is 7.41. The summed E-state index contributed by atoms with van der Waals surface area (Å²) >= 11 is 0. The van der Waals surface area contributed by atoms with Gasteiger partial charge in [0.15, 0.2) is 0 Å². The number of hydrogen-bond donors (Lipinski definition) is 1. The van der Waals surface area contributed by atoms with Crippen molar-refractivity contribution in [3.05, 3.63) is 35.4 Å². The van der Waals surface area contributed by atoms with E-state index in [1.165, 1.54) is 5.56 Å². The maximum absolute atomic E-state index is 7.41. The Labute approximate surface area is 81.3 Å². The van der Waals surface area contributed by atoms with Crippen molar-refractivity contribution in [2.45, 2.75) is 34.1 Å². The van der Waals surface area contributed by atoms with Gasteiger partial charge in [0, 0.05) is 5.71 Å². The van der Waals surface area contributed by atoms with Gasteiger partial charge in [0.1, 0.15) is 0 Å². The average Bonchev–Trinajstić information content (AvgIpc) is 2.04. The molecule has 0 saturated heterocycles. The minimum atomic E-state index is 0. The molecule has 1 N–H and O–H groups in total. The predicted molar refractivity (Wildman–Crippen MR) is 59.8 cm³/mol. The molecule has 1 nitrogen and oxygen atoms in total. The van der Waals surface area contributed by atoms with Crippen LogP contribution in [-0.4, -0.2) is 5.71 Å². The van der Waals surface area contributed by atoms with Crippen LogP contribution in [0.1, 0.15) is 45.2 Å². The van der Waals surface area contributed by atoms with Crippen molar-refractivity contribution < 1.29 is 0 Å². The fraction of sp³-hybridized carbons (Fsp3) is 0.417. The minimum Gasteiger partial charge on any atom is -0.305 e. The second-order valence-electron chi connectivity index (χ2n) is 3.40. The topological polar surface area (TPSA) is 23.9 Å². The highest BCUT2D eigenvalue weighted by Gasteiger charge is 1.98. The van der Waals surface area contributed by atoms with E-state index < -0.39 is 0 Å². The van der Waals surface area contributed by atoms with E-state index >= 15 is 0 Å². The monoisotopic (exact) mass is 177 g/mol. The van der Waals surface area contributed by atoms with Crippen LogP contribution in [-0.2, 0) is 0 Å². The Morgan fingerprint density at radius 3 is 1.92 bits per heavy atom. The highest BCUT2D eigenvalue weighted by Crippen LogP contribution is 2.14. The Hall–Kier alpha value is -1.11. The number of nitrogens with one attached hydrogen (secondary N) is 1. The second kappa shape index (κ2) is 4.80. The van der Waals surface area contributed by atoms with Crippen LogP contribution in [0.5, 0.6) is 0 Å². The number of benzene rings is 1. The summed E-state index contributed by atoms with van der Waals surface area (Å²) in [6.45, 7) is 6.16. The SMILES string of the molecule is C.CC(=N)c1ccc(C(C)C)cc1. The molecule has 0 heterocycles. The highest BCUT2D eigenvalue weighted by atomic mass is 14.4. The van der Waals surface area contributed by atoms with Crippen molar-refractivity contribution in [3.8, 4) is 0 Å². The molecule has 0 atom stereocenters. The third kappa shape index (κ3) is 3.02. The maximum atomic E-state index is 7.41. The van der Waals surface area contributed by atoms with E-state index in [4.69, 9.17) is 5.41 Å². The van der Waals surface area contributed by atoms with Crippen molar-refractivity contribution in [2.75, 3.05) is 0 Å². The van der Waals surface area contributed by atoms with Crippen molar-refractivity contribution >= 4 is 5.71 Å². The average molecular weight is 177 g/mol. The molecule has 72 valence electrons. The van der Waals surface area contributed by atoms with E-state index in [1.54, 1.807) is 0 Å². The summed E-state index contributed by atoms with van der Waals surface area (Å²) in [4.78, 5) is 0. The summed E-state index contributed by atoms with van der Waals surface area (Å²) in [6, 6.07) is 8.21. The van der Waals surface area contributed by atoms with Crippen LogP contribution >= 0.6 is 0 Å². The van der Waals surface area contributed by atoms with E-state index in [0.29, 0.717) is 11.6 Å². The van der Waals surface area contributed by atoms with Crippen LogP contribution in [0.2, 0.25) is 0 Å². The number of rotatable bonds is 2. The highest BCUT2D eigenvalue weighted by molar-refractivity contribution is 5.96. The third-order valence-electron chi connectivity index (χ3n) is 2.01. The van der Waals surface area contributed by atoms with Crippen molar-refractivity contribution in [3.63, 3.8) is 0 Å². The van der Waals surface area contributed by atoms with Crippen LogP contribution in [0.25, 0.3) is 0 Å². The molecule has 0 bridgehead atoms. The van der Waals surface area contributed by atoms with Gasteiger partial charge in [-0.15, -0.1) is 0 Å². The van der Waals surface area contributed by atoms with Crippen LogP contribution in [0, 0.1) is 5.41 Å². The summed E-state index contributed by atoms with van der Waals surface area (Å²) in [5.74, 6) is 0.574. The number of hydrogen-bond acceptors (Lipinski definition) is 1. The zero-order chi connectivity index (χ0) is 9.14. The first-order valence-electron chi connectivity index (χ1n) is 4.26. The maximum Gasteiger partial charge on any atom is 0.0355 e. The molecule has 13 heavy (non-hydrogen) atoms.